The van der Waals surface area contributed by atoms with E-state index in [1.165, 1.54) is 86.6 Å². The number of hydrogen-bond donors (Lipinski definition) is 4. The van der Waals surface area contributed by atoms with Gasteiger partial charge in [0.15, 0.2) is 11.6 Å². The summed E-state index contributed by atoms with van der Waals surface area (Å²) in [6.07, 6.45) is 0. The maximum atomic E-state index is 13.4. The number of nitrogens with zero attached hydrogens (tertiary/aromatic N) is 4. The zero-order valence-electron chi connectivity index (χ0n) is 32.7. The molecule has 0 aliphatic carbocycles. The Bertz CT molecular complexity index is 2530. The molecule has 5 aromatic rings. The summed E-state index contributed by atoms with van der Waals surface area (Å²) in [6, 6.07) is 17.2. The third-order valence-electron chi connectivity index (χ3n) is 8.89. The molecule has 2 unspecified atom stereocenters. The number of rotatable bonds is 14. The molecule has 4 N–H and O–H groups in total. The van der Waals surface area contributed by atoms with Crippen LogP contribution in [0.2, 0.25) is 30.1 Å². The molecule has 0 saturated heterocycles. The molecule has 0 aromatic heterocycles. The zero-order chi connectivity index (χ0) is 45.4. The largest absolute Gasteiger partial charge is 0.324 e. The van der Waals surface area contributed by atoms with Crippen molar-refractivity contribution in [1.29, 1.82) is 0 Å². The van der Waals surface area contributed by atoms with Gasteiger partial charge in [-0.3, -0.25) is 28.8 Å². The van der Waals surface area contributed by atoms with E-state index >= 15 is 0 Å². The fourth-order valence-corrected chi connectivity index (χ4v) is 6.76. The second kappa shape index (κ2) is 20.9. The lowest BCUT2D eigenvalue weighted by atomic mass is 10.0. The van der Waals surface area contributed by atoms with Crippen LogP contribution in [0.25, 0.3) is 0 Å². The lowest BCUT2D eigenvalue weighted by Gasteiger charge is -2.17. The van der Waals surface area contributed by atoms with E-state index in [4.69, 9.17) is 69.6 Å². The van der Waals surface area contributed by atoms with Crippen LogP contribution in [0.15, 0.2) is 105 Å². The molecule has 4 amide bonds. The number of ketones is 2. The first-order chi connectivity index (χ1) is 29.3. The van der Waals surface area contributed by atoms with Gasteiger partial charge in [0.05, 0.1) is 54.0 Å². The predicted molar refractivity (Wildman–Crippen MR) is 243 cm³/mol. The average Bonchev–Trinajstić information content (AvgIpc) is 3.20. The summed E-state index contributed by atoms with van der Waals surface area (Å²) in [5.41, 5.74) is 2.48. The van der Waals surface area contributed by atoms with Crippen molar-refractivity contribution >= 4 is 139 Å². The van der Waals surface area contributed by atoms with Crippen molar-refractivity contribution in [2.24, 2.45) is 20.5 Å². The Balaban J connectivity index is 1.26. The number of anilines is 4. The van der Waals surface area contributed by atoms with Gasteiger partial charge >= 0.3 is 0 Å². The highest BCUT2D eigenvalue weighted by Gasteiger charge is 2.27. The fourth-order valence-electron chi connectivity index (χ4n) is 5.44. The SMILES string of the molecule is CC(=O)C(N=Nc1ccc(Cl)c(C(=O)Nc2ccc(Cl)cc2Cl)c1)C(=O)Nc1ccc(NC(=O)C(N=Nc2ccc(Cl)c(C(=O)Nc3ccc(Cl)cc3Cl)c2)C(C)=O)c(C)c1C. The molecule has 5 aromatic carbocycles. The molecular weight excluding hydrogens is 925 g/mol. The number of hydrogen-bond acceptors (Lipinski definition) is 10. The molecule has 0 bridgehead atoms. The van der Waals surface area contributed by atoms with Gasteiger partial charge in [0.1, 0.15) is 0 Å². The van der Waals surface area contributed by atoms with E-state index in [1.54, 1.807) is 26.0 Å². The molecule has 5 rings (SSSR count). The van der Waals surface area contributed by atoms with Crippen molar-refractivity contribution in [1.82, 2.24) is 0 Å². The van der Waals surface area contributed by atoms with Crippen LogP contribution >= 0.6 is 69.6 Å². The number of benzene rings is 5. The first kappa shape index (κ1) is 47.3. The van der Waals surface area contributed by atoms with Gasteiger partial charge in [0.25, 0.3) is 23.6 Å². The Labute approximate surface area is 384 Å². The van der Waals surface area contributed by atoms with E-state index in [0.29, 0.717) is 32.5 Å². The molecule has 318 valence electrons. The summed E-state index contributed by atoms with van der Waals surface area (Å²) < 4.78 is 0. The summed E-state index contributed by atoms with van der Waals surface area (Å²) in [6.45, 7) is 5.67. The zero-order valence-corrected chi connectivity index (χ0v) is 37.3. The third-order valence-corrected chi connectivity index (χ3v) is 10.6. The average molecular weight is 957 g/mol. The van der Waals surface area contributed by atoms with Gasteiger partial charge in [-0.2, -0.15) is 20.5 Å². The van der Waals surface area contributed by atoms with Crippen LogP contribution in [0.4, 0.5) is 34.1 Å². The van der Waals surface area contributed by atoms with Crippen LogP contribution in [0.5, 0.6) is 0 Å². The summed E-state index contributed by atoms with van der Waals surface area (Å²) >= 11 is 36.8. The van der Waals surface area contributed by atoms with Crippen LogP contribution < -0.4 is 21.3 Å². The van der Waals surface area contributed by atoms with E-state index < -0.39 is 47.3 Å². The molecule has 0 aliphatic heterocycles. The number of azo groups is 2. The number of carbonyl (C=O) groups excluding carboxylic acids is 6. The highest BCUT2D eigenvalue weighted by atomic mass is 35.5. The minimum atomic E-state index is -1.58. The van der Waals surface area contributed by atoms with Gasteiger partial charge in [0, 0.05) is 21.4 Å². The highest BCUT2D eigenvalue weighted by Crippen LogP contribution is 2.31. The quantitative estimate of drug-likeness (QED) is 0.0630. The molecular formula is C42H32Cl6N8O6. The van der Waals surface area contributed by atoms with Crippen LogP contribution in [-0.2, 0) is 19.2 Å². The Morgan fingerprint density at radius 3 is 1.15 bits per heavy atom. The molecule has 20 heteroatoms. The topological polar surface area (TPSA) is 200 Å². The van der Waals surface area contributed by atoms with Crippen LogP contribution in [0, 0.1) is 13.8 Å². The van der Waals surface area contributed by atoms with Crippen molar-refractivity contribution in [3.05, 3.63) is 137 Å². The van der Waals surface area contributed by atoms with Crippen molar-refractivity contribution in [3.8, 4) is 0 Å². The smallest absolute Gasteiger partial charge is 0.258 e. The van der Waals surface area contributed by atoms with E-state index in [2.05, 4.69) is 41.7 Å². The molecule has 0 radical (unpaired) electrons. The number of Topliss-reactive ketones (excluding diaryl/α,β-unsaturated/α-hetero) is 2. The monoisotopic (exact) mass is 954 g/mol. The third kappa shape index (κ3) is 12.0. The summed E-state index contributed by atoms with van der Waals surface area (Å²) in [4.78, 5) is 77.9. The molecule has 0 heterocycles. The van der Waals surface area contributed by atoms with Gasteiger partial charge in [-0.15, -0.1) is 0 Å². The van der Waals surface area contributed by atoms with Crippen LogP contribution in [0.1, 0.15) is 45.7 Å². The molecule has 14 nitrogen and oxygen atoms in total. The lowest BCUT2D eigenvalue weighted by molar-refractivity contribution is -0.127. The Morgan fingerprint density at radius 1 is 0.452 bits per heavy atom. The predicted octanol–water partition coefficient (Wildman–Crippen LogP) is 12.1. The van der Waals surface area contributed by atoms with E-state index in [1.807, 2.05) is 0 Å². The minimum Gasteiger partial charge on any atom is -0.324 e. The molecule has 0 saturated carbocycles. The fraction of sp³-hybridized carbons (Fsp3) is 0.143. The molecule has 0 aliphatic rings. The number of carbonyl (C=O) groups is 6. The van der Waals surface area contributed by atoms with Crippen LogP contribution in [0.3, 0.4) is 0 Å². The first-order valence-electron chi connectivity index (χ1n) is 18.0. The van der Waals surface area contributed by atoms with E-state index in [0.717, 1.165) is 0 Å². The Morgan fingerprint density at radius 2 is 0.806 bits per heavy atom. The Hall–Kier alpha value is -5.74. The van der Waals surface area contributed by atoms with Gasteiger partial charge in [-0.05, 0) is 124 Å². The maximum Gasteiger partial charge on any atom is 0.258 e. The number of halogens is 6. The second-order valence-corrected chi connectivity index (χ2v) is 15.8. The molecule has 0 fully saturated rings. The highest BCUT2D eigenvalue weighted by molar-refractivity contribution is 6.38. The van der Waals surface area contributed by atoms with Crippen molar-refractivity contribution in [3.63, 3.8) is 0 Å². The van der Waals surface area contributed by atoms with E-state index in [-0.39, 0.29) is 54.0 Å². The molecule has 62 heavy (non-hydrogen) atoms. The summed E-state index contributed by atoms with van der Waals surface area (Å²) in [5.74, 6) is -4.09. The standard InChI is InChI=1S/C42H32Cl6N8O6/c1-19-20(2)34(50-42(62)38(22(4)58)56-54-26-8-10-30(46)28(18-26)40(60)52-36-12-6-24(44)16-32(36)48)14-13-33(19)49-41(61)37(21(3)57)55-53-25-7-9-29(45)27(17-25)39(59)51-35-11-5-23(43)15-31(35)47/h5-18,37-38H,1-4H3,(H,49,61)(H,50,62)(H,51,59)(H,52,60). The van der Waals surface area contributed by atoms with Gasteiger partial charge in [0.2, 0.25) is 12.1 Å². The normalized spacial score (nSPS) is 12.2. The summed E-state index contributed by atoms with van der Waals surface area (Å²) in [5, 5.41) is 28.0. The lowest BCUT2D eigenvalue weighted by Crippen LogP contribution is -2.33. The van der Waals surface area contributed by atoms with Gasteiger partial charge in [-0.1, -0.05) is 69.6 Å². The molecule has 0 spiro atoms. The van der Waals surface area contributed by atoms with Crippen molar-refractivity contribution < 1.29 is 28.8 Å². The molecule has 2 atom stereocenters. The second-order valence-electron chi connectivity index (χ2n) is 13.3. The maximum absolute atomic E-state index is 13.4. The first-order valence-corrected chi connectivity index (χ1v) is 20.3. The minimum absolute atomic E-state index is 0.0213. The van der Waals surface area contributed by atoms with Gasteiger partial charge in [-0.25, -0.2) is 0 Å². The van der Waals surface area contributed by atoms with Crippen LogP contribution in [-0.4, -0.2) is 47.3 Å². The van der Waals surface area contributed by atoms with Gasteiger partial charge < -0.3 is 21.3 Å². The Kier molecular flexibility index (Phi) is 15.9. The van der Waals surface area contributed by atoms with Crippen molar-refractivity contribution in [2.45, 2.75) is 39.8 Å². The number of amides is 4. The van der Waals surface area contributed by atoms with E-state index in [9.17, 15) is 28.8 Å². The summed E-state index contributed by atoms with van der Waals surface area (Å²) in [7, 11) is 0. The number of nitrogens with one attached hydrogen (secondary N) is 4. The van der Waals surface area contributed by atoms with Crippen molar-refractivity contribution in [2.75, 3.05) is 21.3 Å².